The maximum Gasteiger partial charge on any atom is 0.234 e. The predicted molar refractivity (Wildman–Crippen MR) is 89.7 cm³/mol. The molecule has 0 saturated heterocycles. The Balaban J connectivity index is 1.92. The molecule has 2 aromatic rings. The van der Waals surface area contributed by atoms with E-state index in [0.29, 0.717) is 10.8 Å². The van der Waals surface area contributed by atoms with Crippen LogP contribution in [0.5, 0.6) is 0 Å². The number of anilines is 1. The highest BCUT2D eigenvalue weighted by Crippen LogP contribution is 2.23. The van der Waals surface area contributed by atoms with Crippen LogP contribution in [-0.2, 0) is 4.79 Å². The van der Waals surface area contributed by atoms with Gasteiger partial charge in [0.1, 0.15) is 0 Å². The zero-order valence-electron chi connectivity index (χ0n) is 10.8. The lowest BCUT2D eigenvalue weighted by molar-refractivity contribution is -0.113. The van der Waals surface area contributed by atoms with Gasteiger partial charge in [0.15, 0.2) is 0 Å². The Bertz CT molecular complexity index is 616. The number of halogens is 2. The van der Waals surface area contributed by atoms with E-state index in [9.17, 15) is 4.79 Å². The fraction of sp³-hybridized carbons (Fsp3) is 0.133. The number of carbonyl (C=O) groups is 1. The molecule has 0 unspecified atom stereocenters. The van der Waals surface area contributed by atoms with Crippen LogP contribution in [-0.4, -0.2) is 11.7 Å². The number of carbonyl (C=O) groups excluding carboxylic acids is 1. The van der Waals surface area contributed by atoms with Gasteiger partial charge < -0.3 is 5.32 Å². The summed E-state index contributed by atoms with van der Waals surface area (Å²) in [7, 11) is 0. The molecule has 0 fully saturated rings. The van der Waals surface area contributed by atoms with Gasteiger partial charge in [-0.15, -0.1) is 11.8 Å². The maximum atomic E-state index is 11.9. The first-order valence-electron chi connectivity index (χ1n) is 5.99. The normalized spacial score (nSPS) is 10.3. The van der Waals surface area contributed by atoms with Crippen LogP contribution in [0.25, 0.3) is 0 Å². The number of thioether (sulfide) groups is 1. The third kappa shape index (κ3) is 4.54. The van der Waals surface area contributed by atoms with Gasteiger partial charge in [0, 0.05) is 20.1 Å². The van der Waals surface area contributed by atoms with Gasteiger partial charge >= 0.3 is 0 Å². The lowest BCUT2D eigenvalue weighted by Crippen LogP contribution is -2.14. The summed E-state index contributed by atoms with van der Waals surface area (Å²) < 4.78 is 1.03. The number of aryl methyl sites for hydroxylation is 1. The largest absolute Gasteiger partial charge is 0.325 e. The van der Waals surface area contributed by atoms with E-state index in [2.05, 4.69) is 21.2 Å². The van der Waals surface area contributed by atoms with Crippen molar-refractivity contribution < 1.29 is 4.79 Å². The van der Waals surface area contributed by atoms with E-state index in [1.807, 2.05) is 43.3 Å². The Morgan fingerprint density at radius 3 is 2.65 bits per heavy atom. The first kappa shape index (κ1) is 15.4. The third-order valence-electron chi connectivity index (χ3n) is 2.66. The molecule has 0 aromatic heterocycles. The zero-order chi connectivity index (χ0) is 14.5. The smallest absolute Gasteiger partial charge is 0.234 e. The van der Waals surface area contributed by atoms with Gasteiger partial charge in [-0.3, -0.25) is 4.79 Å². The highest BCUT2D eigenvalue weighted by atomic mass is 79.9. The van der Waals surface area contributed by atoms with Crippen molar-refractivity contribution in [1.29, 1.82) is 0 Å². The molecule has 1 amide bonds. The number of hydrogen-bond donors (Lipinski definition) is 1. The van der Waals surface area contributed by atoms with E-state index in [-0.39, 0.29) is 5.91 Å². The fourth-order valence-corrected chi connectivity index (χ4v) is 2.73. The second-order valence-corrected chi connectivity index (χ2v) is 6.65. The molecule has 0 aliphatic heterocycles. The van der Waals surface area contributed by atoms with E-state index in [4.69, 9.17) is 11.6 Å². The number of benzene rings is 2. The molecule has 2 rings (SSSR count). The first-order valence-corrected chi connectivity index (χ1v) is 8.14. The van der Waals surface area contributed by atoms with Crippen LogP contribution in [0.2, 0.25) is 5.02 Å². The minimum atomic E-state index is -0.0386. The average Bonchev–Trinajstić information content (AvgIpc) is 2.42. The average molecular weight is 371 g/mol. The van der Waals surface area contributed by atoms with Gasteiger partial charge in [0.2, 0.25) is 5.91 Å². The molecule has 0 bridgehead atoms. The molecule has 0 aliphatic rings. The molecule has 0 saturated carbocycles. The van der Waals surface area contributed by atoms with Gasteiger partial charge in [0.05, 0.1) is 5.75 Å². The summed E-state index contributed by atoms with van der Waals surface area (Å²) >= 11 is 10.8. The third-order valence-corrected chi connectivity index (χ3v) is 4.43. The number of nitrogens with one attached hydrogen (secondary N) is 1. The Kier molecular flexibility index (Phi) is 5.52. The van der Waals surface area contributed by atoms with Gasteiger partial charge in [-0.1, -0.05) is 33.6 Å². The molecule has 0 spiro atoms. The number of amides is 1. The molecular formula is C15H13BrClNOS. The monoisotopic (exact) mass is 369 g/mol. The van der Waals surface area contributed by atoms with Crippen molar-refractivity contribution in [3.05, 3.63) is 57.5 Å². The zero-order valence-corrected chi connectivity index (χ0v) is 14.0. The highest BCUT2D eigenvalue weighted by Gasteiger charge is 2.06. The van der Waals surface area contributed by atoms with E-state index in [1.54, 1.807) is 6.07 Å². The first-order chi connectivity index (χ1) is 9.54. The Hall–Kier alpha value is -0.970. The number of rotatable bonds is 4. The summed E-state index contributed by atoms with van der Waals surface area (Å²) in [5, 5.41) is 3.50. The Morgan fingerprint density at radius 1 is 1.25 bits per heavy atom. The summed E-state index contributed by atoms with van der Waals surface area (Å²) in [5.41, 5.74) is 1.76. The summed E-state index contributed by atoms with van der Waals surface area (Å²) in [6.45, 7) is 1.94. The second kappa shape index (κ2) is 7.16. The summed E-state index contributed by atoms with van der Waals surface area (Å²) in [6.07, 6.45) is 0. The Morgan fingerprint density at radius 2 is 1.95 bits per heavy atom. The van der Waals surface area contributed by atoms with Crippen molar-refractivity contribution in [2.75, 3.05) is 11.1 Å². The van der Waals surface area contributed by atoms with Gasteiger partial charge in [-0.2, -0.15) is 0 Å². The van der Waals surface area contributed by atoms with Crippen molar-refractivity contribution in [3.8, 4) is 0 Å². The SMILES string of the molecule is Cc1ccc(Cl)cc1NC(=O)CSc1ccc(Br)cc1. The van der Waals surface area contributed by atoms with Gasteiger partial charge in [-0.25, -0.2) is 0 Å². The molecule has 20 heavy (non-hydrogen) atoms. The van der Waals surface area contributed by atoms with Crippen LogP contribution in [0.15, 0.2) is 51.8 Å². The molecule has 104 valence electrons. The minimum absolute atomic E-state index is 0.0386. The molecule has 2 nitrogen and oxygen atoms in total. The summed E-state index contributed by atoms with van der Waals surface area (Å²) in [4.78, 5) is 13.0. The van der Waals surface area contributed by atoms with E-state index < -0.39 is 0 Å². The second-order valence-electron chi connectivity index (χ2n) is 4.25. The van der Waals surface area contributed by atoms with Gasteiger partial charge in [0.25, 0.3) is 0 Å². The van der Waals surface area contributed by atoms with Crippen molar-refractivity contribution in [2.45, 2.75) is 11.8 Å². The molecular weight excluding hydrogens is 358 g/mol. The van der Waals surface area contributed by atoms with E-state index in [1.165, 1.54) is 11.8 Å². The molecule has 2 aromatic carbocycles. The quantitative estimate of drug-likeness (QED) is 0.755. The molecule has 0 heterocycles. The molecule has 5 heteroatoms. The van der Waals surface area contributed by atoms with Crippen LogP contribution in [0, 0.1) is 6.92 Å². The van der Waals surface area contributed by atoms with Gasteiger partial charge in [-0.05, 0) is 48.9 Å². The molecule has 0 radical (unpaired) electrons. The summed E-state index contributed by atoms with van der Waals surface area (Å²) in [5.74, 6) is 0.330. The lowest BCUT2D eigenvalue weighted by atomic mass is 10.2. The van der Waals surface area contributed by atoms with Crippen molar-refractivity contribution in [3.63, 3.8) is 0 Å². The minimum Gasteiger partial charge on any atom is -0.325 e. The highest BCUT2D eigenvalue weighted by molar-refractivity contribution is 9.10. The molecule has 0 atom stereocenters. The maximum absolute atomic E-state index is 11.9. The standard InChI is InChI=1S/C15H13BrClNOS/c1-10-2-5-12(17)8-14(10)18-15(19)9-20-13-6-3-11(16)4-7-13/h2-8H,9H2,1H3,(H,18,19). The molecule has 0 aliphatic carbocycles. The van der Waals surface area contributed by atoms with E-state index in [0.717, 1.165) is 20.6 Å². The van der Waals surface area contributed by atoms with Crippen LogP contribution in [0.4, 0.5) is 5.69 Å². The van der Waals surface area contributed by atoms with Crippen molar-refractivity contribution in [1.82, 2.24) is 0 Å². The molecule has 1 N–H and O–H groups in total. The van der Waals surface area contributed by atoms with Crippen LogP contribution >= 0.6 is 39.3 Å². The van der Waals surface area contributed by atoms with Crippen LogP contribution < -0.4 is 5.32 Å². The van der Waals surface area contributed by atoms with E-state index >= 15 is 0 Å². The summed E-state index contributed by atoms with van der Waals surface area (Å²) in [6, 6.07) is 13.3. The lowest BCUT2D eigenvalue weighted by Gasteiger charge is -2.08. The van der Waals surface area contributed by atoms with Crippen LogP contribution in [0.3, 0.4) is 0 Å². The van der Waals surface area contributed by atoms with Crippen molar-refractivity contribution in [2.24, 2.45) is 0 Å². The van der Waals surface area contributed by atoms with Crippen molar-refractivity contribution >= 4 is 50.9 Å². The Labute approximate surface area is 136 Å². The topological polar surface area (TPSA) is 29.1 Å². The fourth-order valence-electron chi connectivity index (χ4n) is 1.59. The number of hydrogen-bond acceptors (Lipinski definition) is 2. The predicted octanol–water partition coefficient (Wildman–Crippen LogP) is 5.14. The van der Waals surface area contributed by atoms with Crippen LogP contribution in [0.1, 0.15) is 5.56 Å².